The SMILES string of the molecule is CCCC#CCCOC(CCCC)C(=O)OCCCCCCBr. The summed E-state index contributed by atoms with van der Waals surface area (Å²) in [6.45, 7) is 5.24. The molecule has 0 heterocycles. The lowest BCUT2D eigenvalue weighted by Gasteiger charge is -2.16. The van der Waals surface area contributed by atoms with E-state index in [-0.39, 0.29) is 5.97 Å². The first kappa shape index (κ1) is 22.5. The molecule has 0 radical (unpaired) electrons. The molecule has 0 spiro atoms. The van der Waals surface area contributed by atoms with Gasteiger partial charge in [0.05, 0.1) is 13.2 Å². The molecule has 0 aromatic carbocycles. The summed E-state index contributed by atoms with van der Waals surface area (Å²) < 4.78 is 11.1. The highest BCUT2D eigenvalue weighted by Crippen LogP contribution is 2.09. The van der Waals surface area contributed by atoms with Crippen LogP contribution in [0.25, 0.3) is 0 Å². The summed E-state index contributed by atoms with van der Waals surface area (Å²) in [6.07, 6.45) is 9.42. The first-order valence-electron chi connectivity index (χ1n) is 9.06. The number of halogens is 1. The van der Waals surface area contributed by atoms with Crippen molar-refractivity contribution in [3.8, 4) is 11.8 Å². The maximum absolute atomic E-state index is 12.1. The highest BCUT2D eigenvalue weighted by atomic mass is 79.9. The summed E-state index contributed by atoms with van der Waals surface area (Å²) in [4.78, 5) is 12.1. The van der Waals surface area contributed by atoms with Crippen LogP contribution in [0.1, 0.15) is 78.1 Å². The Hall–Kier alpha value is -0.530. The molecule has 0 aromatic heterocycles. The van der Waals surface area contributed by atoms with E-state index in [2.05, 4.69) is 41.6 Å². The van der Waals surface area contributed by atoms with Crippen LogP contribution in [-0.2, 0) is 14.3 Å². The minimum atomic E-state index is -0.425. The third kappa shape index (κ3) is 14.8. The molecule has 1 unspecified atom stereocenters. The molecule has 0 fully saturated rings. The van der Waals surface area contributed by atoms with Gasteiger partial charge in [0.2, 0.25) is 0 Å². The van der Waals surface area contributed by atoms with Gasteiger partial charge in [0.1, 0.15) is 0 Å². The number of unbranched alkanes of at least 4 members (excludes halogenated alkanes) is 5. The fourth-order valence-corrected chi connectivity index (χ4v) is 2.43. The number of carbonyl (C=O) groups excluding carboxylic acids is 1. The Morgan fingerprint density at radius 3 is 2.39 bits per heavy atom. The van der Waals surface area contributed by atoms with Gasteiger partial charge >= 0.3 is 5.97 Å². The normalized spacial score (nSPS) is 11.6. The van der Waals surface area contributed by atoms with Crippen LogP contribution in [0.3, 0.4) is 0 Å². The van der Waals surface area contributed by atoms with Gasteiger partial charge in [0.25, 0.3) is 0 Å². The summed E-state index contributed by atoms with van der Waals surface area (Å²) in [5, 5.41) is 1.04. The van der Waals surface area contributed by atoms with E-state index < -0.39 is 6.10 Å². The summed E-state index contributed by atoms with van der Waals surface area (Å²) in [7, 11) is 0. The average molecular weight is 389 g/mol. The van der Waals surface area contributed by atoms with Crippen molar-refractivity contribution in [2.75, 3.05) is 18.5 Å². The zero-order valence-corrected chi connectivity index (χ0v) is 16.5. The van der Waals surface area contributed by atoms with E-state index >= 15 is 0 Å². The highest BCUT2D eigenvalue weighted by Gasteiger charge is 2.19. The van der Waals surface area contributed by atoms with E-state index in [1.165, 1.54) is 12.8 Å². The van der Waals surface area contributed by atoms with Gasteiger partial charge in [-0.05, 0) is 25.7 Å². The second kappa shape index (κ2) is 17.8. The van der Waals surface area contributed by atoms with Crippen molar-refractivity contribution in [2.24, 2.45) is 0 Å². The second-order valence-corrected chi connectivity index (χ2v) is 6.42. The molecule has 1 atom stereocenters. The number of rotatable bonds is 14. The molecule has 0 aliphatic carbocycles. The van der Waals surface area contributed by atoms with Gasteiger partial charge in [0, 0.05) is 18.2 Å². The summed E-state index contributed by atoms with van der Waals surface area (Å²) in [6, 6.07) is 0. The number of esters is 1. The van der Waals surface area contributed by atoms with Gasteiger partial charge in [-0.3, -0.25) is 0 Å². The Morgan fingerprint density at radius 1 is 0.957 bits per heavy atom. The molecule has 0 rings (SSSR count). The molecule has 0 aromatic rings. The molecule has 0 N–H and O–H groups in total. The minimum absolute atomic E-state index is 0.208. The number of ether oxygens (including phenoxy) is 2. The zero-order valence-electron chi connectivity index (χ0n) is 14.9. The van der Waals surface area contributed by atoms with E-state index in [1.54, 1.807) is 0 Å². The molecule has 0 aliphatic rings. The van der Waals surface area contributed by atoms with Crippen LogP contribution >= 0.6 is 15.9 Å². The first-order chi connectivity index (χ1) is 11.3. The predicted octanol–water partition coefficient (Wildman–Crippen LogP) is 5.25. The zero-order chi connectivity index (χ0) is 17.2. The van der Waals surface area contributed by atoms with Crippen molar-refractivity contribution in [1.29, 1.82) is 0 Å². The fourth-order valence-electron chi connectivity index (χ4n) is 2.03. The van der Waals surface area contributed by atoms with Gasteiger partial charge in [-0.2, -0.15) is 0 Å². The van der Waals surface area contributed by atoms with E-state index in [4.69, 9.17) is 9.47 Å². The Bertz CT molecular complexity index is 333. The van der Waals surface area contributed by atoms with Crippen molar-refractivity contribution in [3.63, 3.8) is 0 Å². The number of hydrogen-bond acceptors (Lipinski definition) is 3. The number of hydrogen-bond donors (Lipinski definition) is 0. The van der Waals surface area contributed by atoms with E-state index in [0.29, 0.717) is 19.6 Å². The van der Waals surface area contributed by atoms with E-state index in [9.17, 15) is 4.79 Å². The smallest absolute Gasteiger partial charge is 0.335 e. The molecular weight excluding hydrogens is 356 g/mol. The Kier molecular flexibility index (Phi) is 17.4. The largest absolute Gasteiger partial charge is 0.464 e. The molecule has 23 heavy (non-hydrogen) atoms. The third-order valence-electron chi connectivity index (χ3n) is 3.40. The lowest BCUT2D eigenvalue weighted by molar-refractivity contribution is -0.157. The van der Waals surface area contributed by atoms with Crippen molar-refractivity contribution < 1.29 is 14.3 Å². The third-order valence-corrected chi connectivity index (χ3v) is 3.96. The molecule has 0 aliphatic heterocycles. The Labute approximate surface area is 151 Å². The van der Waals surface area contributed by atoms with Crippen LogP contribution in [0.15, 0.2) is 0 Å². The summed E-state index contributed by atoms with van der Waals surface area (Å²) in [5.41, 5.74) is 0. The molecule has 134 valence electrons. The molecular formula is C19H33BrO3. The molecule has 0 amide bonds. The first-order valence-corrected chi connectivity index (χ1v) is 10.2. The molecule has 4 heteroatoms. The Morgan fingerprint density at radius 2 is 1.70 bits per heavy atom. The lowest BCUT2D eigenvalue weighted by atomic mass is 10.1. The highest BCUT2D eigenvalue weighted by molar-refractivity contribution is 9.09. The van der Waals surface area contributed by atoms with Gasteiger partial charge in [-0.25, -0.2) is 4.79 Å². The van der Waals surface area contributed by atoms with Gasteiger partial charge in [-0.1, -0.05) is 55.5 Å². The van der Waals surface area contributed by atoms with Crippen molar-refractivity contribution in [3.05, 3.63) is 0 Å². The number of carbonyl (C=O) groups is 1. The van der Waals surface area contributed by atoms with Crippen molar-refractivity contribution >= 4 is 21.9 Å². The molecule has 3 nitrogen and oxygen atoms in total. The molecule has 0 bridgehead atoms. The monoisotopic (exact) mass is 388 g/mol. The molecule has 0 saturated carbocycles. The van der Waals surface area contributed by atoms with E-state index in [1.807, 2.05) is 0 Å². The van der Waals surface area contributed by atoms with Crippen LogP contribution in [0.4, 0.5) is 0 Å². The van der Waals surface area contributed by atoms with Crippen LogP contribution < -0.4 is 0 Å². The maximum Gasteiger partial charge on any atom is 0.335 e. The average Bonchev–Trinajstić information content (AvgIpc) is 2.56. The summed E-state index contributed by atoms with van der Waals surface area (Å²) in [5.74, 6) is 5.96. The van der Waals surface area contributed by atoms with Crippen LogP contribution in [0.2, 0.25) is 0 Å². The van der Waals surface area contributed by atoms with Crippen LogP contribution in [0, 0.1) is 11.8 Å². The minimum Gasteiger partial charge on any atom is -0.464 e. The van der Waals surface area contributed by atoms with E-state index in [0.717, 1.165) is 50.3 Å². The molecule has 0 saturated heterocycles. The van der Waals surface area contributed by atoms with Gasteiger partial charge in [0.15, 0.2) is 6.10 Å². The fraction of sp³-hybridized carbons (Fsp3) is 0.842. The number of alkyl halides is 1. The lowest BCUT2D eigenvalue weighted by Crippen LogP contribution is -2.27. The van der Waals surface area contributed by atoms with Gasteiger partial charge < -0.3 is 9.47 Å². The predicted molar refractivity (Wildman–Crippen MR) is 99.8 cm³/mol. The second-order valence-electron chi connectivity index (χ2n) is 5.63. The Balaban J connectivity index is 3.95. The van der Waals surface area contributed by atoms with Gasteiger partial charge in [-0.15, -0.1) is 11.8 Å². The quantitative estimate of drug-likeness (QED) is 0.176. The van der Waals surface area contributed by atoms with Crippen molar-refractivity contribution in [2.45, 2.75) is 84.2 Å². The standard InChI is InChI=1S/C19H33BrO3/c1-3-5-7-9-12-16-22-18(14-6-4-2)19(21)23-17-13-10-8-11-15-20/h18H,3-6,8,10-17H2,1-2H3. The van der Waals surface area contributed by atoms with Crippen LogP contribution in [-0.4, -0.2) is 30.6 Å². The topological polar surface area (TPSA) is 35.5 Å². The van der Waals surface area contributed by atoms with Crippen LogP contribution in [0.5, 0.6) is 0 Å². The maximum atomic E-state index is 12.1. The summed E-state index contributed by atoms with van der Waals surface area (Å²) >= 11 is 3.42. The van der Waals surface area contributed by atoms with Crippen molar-refractivity contribution in [1.82, 2.24) is 0 Å².